The number of amides is 1. The Bertz CT molecular complexity index is 867. The van der Waals surface area contributed by atoms with Crippen molar-refractivity contribution in [3.8, 4) is 0 Å². The van der Waals surface area contributed by atoms with E-state index in [2.05, 4.69) is 10.6 Å². The smallest absolute Gasteiger partial charge is 0.241 e. The van der Waals surface area contributed by atoms with Gasteiger partial charge in [0.05, 0.1) is 29.1 Å². The average molecular weight is 389 g/mol. The fourth-order valence-electron chi connectivity index (χ4n) is 2.60. The molecule has 3 rings (SSSR count). The van der Waals surface area contributed by atoms with E-state index in [9.17, 15) is 4.79 Å². The predicted molar refractivity (Wildman–Crippen MR) is 105 cm³/mol. The predicted octanol–water partition coefficient (Wildman–Crippen LogP) is 5.29. The van der Waals surface area contributed by atoms with E-state index in [0.717, 1.165) is 11.3 Å². The van der Waals surface area contributed by atoms with E-state index in [-0.39, 0.29) is 11.9 Å². The van der Waals surface area contributed by atoms with Crippen molar-refractivity contribution < 1.29 is 9.21 Å². The molecular formula is C20H18Cl2N2O2. The third kappa shape index (κ3) is 4.47. The maximum Gasteiger partial charge on any atom is 0.241 e. The van der Waals surface area contributed by atoms with Gasteiger partial charge in [0.1, 0.15) is 5.76 Å². The lowest BCUT2D eigenvalue weighted by molar-refractivity contribution is -0.117. The molecule has 0 radical (unpaired) electrons. The Morgan fingerprint density at radius 3 is 2.46 bits per heavy atom. The monoisotopic (exact) mass is 388 g/mol. The molecule has 1 aromatic heterocycles. The van der Waals surface area contributed by atoms with Crippen molar-refractivity contribution in [1.82, 2.24) is 5.32 Å². The lowest BCUT2D eigenvalue weighted by Gasteiger charge is -2.22. The summed E-state index contributed by atoms with van der Waals surface area (Å²) in [6.07, 6.45) is 1.62. The number of hydrogen-bond donors (Lipinski definition) is 2. The molecule has 0 aliphatic rings. The summed E-state index contributed by atoms with van der Waals surface area (Å²) in [4.78, 5) is 12.6. The van der Waals surface area contributed by atoms with Crippen LogP contribution in [0.5, 0.6) is 0 Å². The van der Waals surface area contributed by atoms with Crippen molar-refractivity contribution in [2.45, 2.75) is 19.0 Å². The van der Waals surface area contributed by atoms with Gasteiger partial charge in [-0.2, -0.15) is 0 Å². The van der Waals surface area contributed by atoms with E-state index in [1.165, 1.54) is 0 Å². The van der Waals surface area contributed by atoms with Crippen LogP contribution in [0.1, 0.15) is 24.3 Å². The molecule has 134 valence electrons. The topological polar surface area (TPSA) is 54.3 Å². The highest BCUT2D eigenvalue weighted by atomic mass is 35.5. The number of furan rings is 1. The summed E-state index contributed by atoms with van der Waals surface area (Å²) in [7, 11) is 0. The number of halogens is 2. The number of carbonyl (C=O) groups is 1. The summed E-state index contributed by atoms with van der Waals surface area (Å²) >= 11 is 12.0. The first-order valence-electron chi connectivity index (χ1n) is 8.15. The van der Waals surface area contributed by atoms with Crippen LogP contribution in [0.15, 0.2) is 71.3 Å². The van der Waals surface area contributed by atoms with Gasteiger partial charge in [-0.25, -0.2) is 0 Å². The second-order valence-corrected chi connectivity index (χ2v) is 6.70. The van der Waals surface area contributed by atoms with Crippen LogP contribution in [0, 0.1) is 0 Å². The number of hydrogen-bond acceptors (Lipinski definition) is 3. The minimum atomic E-state index is -0.489. The summed E-state index contributed by atoms with van der Waals surface area (Å²) in [6, 6.07) is 17.7. The largest absolute Gasteiger partial charge is 0.467 e. The first-order chi connectivity index (χ1) is 12.5. The Balaban J connectivity index is 1.75. The van der Waals surface area contributed by atoms with E-state index >= 15 is 0 Å². The van der Waals surface area contributed by atoms with Crippen LogP contribution in [0.25, 0.3) is 0 Å². The number of anilines is 1. The number of benzene rings is 2. The first-order valence-corrected chi connectivity index (χ1v) is 8.90. The molecule has 2 atom stereocenters. The molecular weight excluding hydrogens is 371 g/mol. The molecule has 0 aliphatic carbocycles. The summed E-state index contributed by atoms with van der Waals surface area (Å²) in [5.41, 5.74) is 1.52. The van der Waals surface area contributed by atoms with Crippen LogP contribution in [0.2, 0.25) is 10.0 Å². The molecule has 0 aliphatic heterocycles. The fourth-order valence-corrected chi connectivity index (χ4v) is 3.06. The average Bonchev–Trinajstić information content (AvgIpc) is 3.17. The van der Waals surface area contributed by atoms with Crippen LogP contribution in [0.4, 0.5) is 5.69 Å². The molecule has 4 nitrogen and oxygen atoms in total. The SMILES string of the molecule is C[C@@H](N[C@@H](c1ccccc1)c1ccco1)C(=O)Nc1ccc(Cl)cc1Cl. The lowest BCUT2D eigenvalue weighted by atomic mass is 10.0. The van der Waals surface area contributed by atoms with Gasteiger partial charge in [-0.1, -0.05) is 53.5 Å². The second kappa shape index (κ2) is 8.41. The van der Waals surface area contributed by atoms with Crippen molar-refractivity contribution in [3.63, 3.8) is 0 Å². The Kier molecular flexibility index (Phi) is 5.99. The van der Waals surface area contributed by atoms with Gasteiger partial charge in [0.15, 0.2) is 0 Å². The molecule has 1 heterocycles. The van der Waals surface area contributed by atoms with Gasteiger partial charge in [0.2, 0.25) is 5.91 Å². The van der Waals surface area contributed by atoms with E-state index < -0.39 is 6.04 Å². The maximum absolute atomic E-state index is 12.6. The normalized spacial score (nSPS) is 13.2. The van der Waals surface area contributed by atoms with Gasteiger partial charge >= 0.3 is 0 Å². The molecule has 0 saturated carbocycles. The van der Waals surface area contributed by atoms with Crippen LogP contribution < -0.4 is 10.6 Å². The zero-order valence-corrected chi connectivity index (χ0v) is 15.6. The lowest BCUT2D eigenvalue weighted by Crippen LogP contribution is -2.40. The molecule has 6 heteroatoms. The van der Waals surface area contributed by atoms with E-state index in [1.54, 1.807) is 31.4 Å². The highest BCUT2D eigenvalue weighted by molar-refractivity contribution is 6.36. The van der Waals surface area contributed by atoms with E-state index in [4.69, 9.17) is 27.6 Å². The van der Waals surface area contributed by atoms with Gasteiger partial charge in [0.25, 0.3) is 0 Å². The molecule has 26 heavy (non-hydrogen) atoms. The number of carbonyl (C=O) groups excluding carboxylic acids is 1. The summed E-state index contributed by atoms with van der Waals surface area (Å²) in [6.45, 7) is 1.79. The van der Waals surface area contributed by atoms with Crippen LogP contribution in [-0.4, -0.2) is 11.9 Å². The molecule has 0 unspecified atom stereocenters. The van der Waals surface area contributed by atoms with Crippen LogP contribution in [0.3, 0.4) is 0 Å². The molecule has 0 spiro atoms. The minimum Gasteiger partial charge on any atom is -0.467 e. The van der Waals surface area contributed by atoms with E-state index in [1.807, 2.05) is 42.5 Å². The molecule has 0 fully saturated rings. The maximum atomic E-state index is 12.6. The number of nitrogens with one attached hydrogen (secondary N) is 2. The standard InChI is InChI=1S/C20H18Cl2N2O2/c1-13(20(25)24-17-10-9-15(21)12-16(17)22)23-19(18-8-5-11-26-18)14-6-3-2-4-7-14/h2-13,19,23H,1H3,(H,24,25)/t13-,19+/m1/s1. The second-order valence-electron chi connectivity index (χ2n) is 5.86. The van der Waals surface area contributed by atoms with Crippen LogP contribution in [-0.2, 0) is 4.79 Å². The Morgan fingerprint density at radius 1 is 1.04 bits per heavy atom. The third-order valence-electron chi connectivity index (χ3n) is 3.96. The zero-order valence-electron chi connectivity index (χ0n) is 14.1. The van der Waals surface area contributed by atoms with Crippen molar-refractivity contribution in [1.29, 1.82) is 0 Å². The molecule has 3 aromatic rings. The summed E-state index contributed by atoms with van der Waals surface area (Å²) < 4.78 is 5.55. The summed E-state index contributed by atoms with van der Waals surface area (Å²) in [5, 5.41) is 7.04. The molecule has 1 amide bonds. The first kappa shape index (κ1) is 18.5. The Labute approximate surface area is 162 Å². The van der Waals surface area contributed by atoms with Gasteiger partial charge in [-0.15, -0.1) is 0 Å². The van der Waals surface area contributed by atoms with Crippen molar-refractivity contribution >= 4 is 34.8 Å². The fraction of sp³-hybridized carbons (Fsp3) is 0.150. The van der Waals surface area contributed by atoms with Crippen molar-refractivity contribution in [2.75, 3.05) is 5.32 Å². The van der Waals surface area contributed by atoms with Crippen LogP contribution >= 0.6 is 23.2 Å². The summed E-state index contributed by atoms with van der Waals surface area (Å²) in [5.74, 6) is 0.530. The minimum absolute atomic E-state index is 0.207. The highest BCUT2D eigenvalue weighted by Gasteiger charge is 2.23. The van der Waals surface area contributed by atoms with Crippen molar-refractivity contribution in [2.24, 2.45) is 0 Å². The molecule has 0 saturated heterocycles. The third-order valence-corrected chi connectivity index (χ3v) is 4.51. The number of rotatable bonds is 6. The van der Waals surface area contributed by atoms with Crippen molar-refractivity contribution in [3.05, 3.63) is 88.3 Å². The quantitative estimate of drug-likeness (QED) is 0.602. The molecule has 2 aromatic carbocycles. The Hall–Kier alpha value is -2.27. The van der Waals surface area contributed by atoms with Gasteiger partial charge in [-0.3, -0.25) is 10.1 Å². The molecule has 0 bridgehead atoms. The van der Waals surface area contributed by atoms with Gasteiger partial charge in [-0.05, 0) is 42.8 Å². The zero-order chi connectivity index (χ0) is 18.5. The molecule has 2 N–H and O–H groups in total. The highest BCUT2D eigenvalue weighted by Crippen LogP contribution is 2.26. The van der Waals surface area contributed by atoms with Gasteiger partial charge < -0.3 is 9.73 Å². The Morgan fingerprint density at radius 2 is 1.81 bits per heavy atom. The van der Waals surface area contributed by atoms with Gasteiger partial charge in [0, 0.05) is 5.02 Å². The van der Waals surface area contributed by atoms with E-state index in [0.29, 0.717) is 15.7 Å².